The topological polar surface area (TPSA) is 78.9 Å². The van der Waals surface area contributed by atoms with Gasteiger partial charge in [0.2, 0.25) is 5.60 Å². The van der Waals surface area contributed by atoms with E-state index in [1.807, 2.05) is 24.3 Å². The molecule has 6 nitrogen and oxygen atoms in total. The van der Waals surface area contributed by atoms with Gasteiger partial charge in [-0.2, -0.15) is 0 Å². The van der Waals surface area contributed by atoms with E-state index < -0.39 is 23.5 Å². The smallest absolute Gasteiger partial charge is 0.356 e. The van der Waals surface area contributed by atoms with Gasteiger partial charge in [0, 0.05) is 6.42 Å². The van der Waals surface area contributed by atoms with Gasteiger partial charge in [0.15, 0.2) is 0 Å². The van der Waals surface area contributed by atoms with Gasteiger partial charge < -0.3 is 14.2 Å². The largest absolute Gasteiger partial charge is 0.465 e. The van der Waals surface area contributed by atoms with Crippen molar-refractivity contribution in [1.29, 1.82) is 0 Å². The predicted octanol–water partition coefficient (Wildman–Crippen LogP) is 3.70. The van der Waals surface area contributed by atoms with Gasteiger partial charge in [-0.05, 0) is 41.5 Å². The van der Waals surface area contributed by atoms with E-state index >= 15 is 0 Å². The summed E-state index contributed by atoms with van der Waals surface area (Å²) in [5, 5.41) is 1.59. The number of carbonyl (C=O) groups excluding carboxylic acids is 3. The molecule has 1 unspecified atom stereocenters. The second-order valence-corrected chi connectivity index (χ2v) is 7.03. The fourth-order valence-electron chi connectivity index (χ4n) is 3.43. The zero-order chi connectivity index (χ0) is 20.6. The molecule has 4 rings (SSSR count). The van der Waals surface area contributed by atoms with Crippen molar-refractivity contribution in [2.45, 2.75) is 18.9 Å². The van der Waals surface area contributed by atoms with Gasteiger partial charge in [0.25, 0.3) is 0 Å². The monoisotopic (exact) mass is 390 g/mol. The standard InChI is InChI=1S/C23H18O6/c1-23(13-16-9-5-6-10-17(16)21(25)29-23)22(26)28-19-12-15-8-4-3-7-14(15)11-18(19)20(24)27-2/h3-12H,13H2,1-2H3. The number of fused-ring (bicyclic) bond motifs is 2. The number of hydrogen-bond acceptors (Lipinski definition) is 6. The van der Waals surface area contributed by atoms with Crippen LogP contribution < -0.4 is 4.74 Å². The Balaban J connectivity index is 1.70. The van der Waals surface area contributed by atoms with Crippen molar-refractivity contribution in [3.8, 4) is 5.75 Å². The maximum atomic E-state index is 13.0. The van der Waals surface area contributed by atoms with Crippen LogP contribution in [0, 0.1) is 0 Å². The van der Waals surface area contributed by atoms with Crippen LogP contribution in [0.15, 0.2) is 60.7 Å². The molecule has 0 saturated heterocycles. The number of cyclic esters (lactones) is 1. The second-order valence-electron chi connectivity index (χ2n) is 7.03. The SMILES string of the molecule is COC(=O)c1cc2ccccc2cc1OC(=O)C1(C)Cc2ccccc2C(=O)O1. The van der Waals surface area contributed by atoms with Gasteiger partial charge in [-0.15, -0.1) is 0 Å². The molecule has 29 heavy (non-hydrogen) atoms. The number of esters is 3. The number of benzene rings is 3. The third-order valence-corrected chi connectivity index (χ3v) is 4.97. The molecule has 0 aromatic heterocycles. The lowest BCUT2D eigenvalue weighted by molar-refractivity contribution is -0.155. The first-order valence-electron chi connectivity index (χ1n) is 9.06. The highest BCUT2D eigenvalue weighted by Crippen LogP contribution is 2.32. The third kappa shape index (κ3) is 3.33. The summed E-state index contributed by atoms with van der Waals surface area (Å²) in [6.45, 7) is 1.50. The minimum Gasteiger partial charge on any atom is -0.465 e. The van der Waals surface area contributed by atoms with Gasteiger partial charge in [0.1, 0.15) is 11.3 Å². The lowest BCUT2D eigenvalue weighted by Crippen LogP contribution is -2.48. The van der Waals surface area contributed by atoms with Crippen molar-refractivity contribution in [3.63, 3.8) is 0 Å². The molecule has 1 aliphatic rings. The minimum absolute atomic E-state index is 0.0525. The van der Waals surface area contributed by atoms with Crippen molar-refractivity contribution in [2.75, 3.05) is 7.11 Å². The molecule has 0 fully saturated rings. The molecular weight excluding hydrogens is 372 g/mol. The van der Waals surface area contributed by atoms with Crippen LogP contribution in [0.25, 0.3) is 10.8 Å². The average molecular weight is 390 g/mol. The predicted molar refractivity (Wildman–Crippen MR) is 105 cm³/mol. The molecule has 0 radical (unpaired) electrons. The maximum absolute atomic E-state index is 13.0. The molecule has 0 N–H and O–H groups in total. The van der Waals surface area contributed by atoms with E-state index in [0.29, 0.717) is 11.1 Å². The fraction of sp³-hybridized carbons (Fsp3) is 0.174. The highest BCUT2D eigenvalue weighted by molar-refractivity contribution is 6.01. The first kappa shape index (κ1) is 18.7. The van der Waals surface area contributed by atoms with Crippen LogP contribution in [-0.4, -0.2) is 30.6 Å². The lowest BCUT2D eigenvalue weighted by Gasteiger charge is -2.32. The van der Waals surface area contributed by atoms with Crippen molar-refractivity contribution in [2.24, 2.45) is 0 Å². The van der Waals surface area contributed by atoms with E-state index in [1.165, 1.54) is 14.0 Å². The van der Waals surface area contributed by atoms with Gasteiger partial charge in [-0.1, -0.05) is 42.5 Å². The van der Waals surface area contributed by atoms with E-state index in [-0.39, 0.29) is 17.7 Å². The Morgan fingerprint density at radius 3 is 2.38 bits per heavy atom. The summed E-state index contributed by atoms with van der Waals surface area (Å²) in [6, 6.07) is 17.5. The zero-order valence-electron chi connectivity index (χ0n) is 15.9. The van der Waals surface area contributed by atoms with Crippen LogP contribution in [0.2, 0.25) is 0 Å². The number of rotatable bonds is 3. The van der Waals surface area contributed by atoms with Gasteiger partial charge in [-0.3, -0.25) is 0 Å². The fourth-order valence-corrected chi connectivity index (χ4v) is 3.43. The zero-order valence-corrected chi connectivity index (χ0v) is 15.9. The Morgan fingerprint density at radius 2 is 1.66 bits per heavy atom. The highest BCUT2D eigenvalue weighted by Gasteiger charge is 2.44. The Bertz CT molecular complexity index is 1150. The van der Waals surface area contributed by atoms with E-state index in [4.69, 9.17) is 14.2 Å². The van der Waals surface area contributed by atoms with Crippen LogP contribution in [-0.2, 0) is 20.7 Å². The van der Waals surface area contributed by atoms with E-state index in [1.54, 1.807) is 36.4 Å². The van der Waals surface area contributed by atoms with Gasteiger partial charge in [-0.25, -0.2) is 14.4 Å². The molecule has 0 amide bonds. The van der Waals surface area contributed by atoms with Crippen molar-refractivity contribution in [3.05, 3.63) is 77.4 Å². The van der Waals surface area contributed by atoms with Crippen molar-refractivity contribution >= 4 is 28.7 Å². The molecule has 0 bridgehead atoms. The molecule has 0 aliphatic carbocycles. The lowest BCUT2D eigenvalue weighted by atomic mass is 9.90. The Labute approximate surface area is 167 Å². The first-order chi connectivity index (χ1) is 13.9. The number of hydrogen-bond donors (Lipinski definition) is 0. The molecule has 146 valence electrons. The molecule has 0 spiro atoms. The van der Waals surface area contributed by atoms with Gasteiger partial charge in [0.05, 0.1) is 12.7 Å². The molecule has 3 aromatic rings. The molecule has 6 heteroatoms. The molecule has 3 aromatic carbocycles. The number of carbonyl (C=O) groups is 3. The molecule has 1 atom stereocenters. The summed E-state index contributed by atoms with van der Waals surface area (Å²) >= 11 is 0. The summed E-state index contributed by atoms with van der Waals surface area (Å²) in [6.07, 6.45) is 0.175. The van der Waals surface area contributed by atoms with Crippen molar-refractivity contribution in [1.82, 2.24) is 0 Å². The summed E-state index contributed by atoms with van der Waals surface area (Å²) in [7, 11) is 1.25. The van der Waals surface area contributed by atoms with E-state index in [9.17, 15) is 14.4 Å². The number of ether oxygens (including phenoxy) is 3. The Hall–Kier alpha value is -3.67. The number of methoxy groups -OCH3 is 1. The normalized spacial score (nSPS) is 17.9. The minimum atomic E-state index is -1.51. The van der Waals surface area contributed by atoms with E-state index in [2.05, 4.69) is 0 Å². The Morgan fingerprint density at radius 1 is 1.00 bits per heavy atom. The highest BCUT2D eigenvalue weighted by atomic mass is 16.6. The molecule has 0 saturated carbocycles. The second kappa shape index (κ2) is 7.05. The van der Waals surface area contributed by atoms with Crippen LogP contribution >= 0.6 is 0 Å². The summed E-state index contributed by atoms with van der Waals surface area (Å²) in [5.41, 5.74) is -0.260. The first-order valence-corrected chi connectivity index (χ1v) is 9.06. The third-order valence-electron chi connectivity index (χ3n) is 4.97. The summed E-state index contributed by atoms with van der Waals surface area (Å²) < 4.78 is 15.8. The van der Waals surface area contributed by atoms with Crippen LogP contribution in [0.1, 0.15) is 33.2 Å². The molecular formula is C23H18O6. The van der Waals surface area contributed by atoms with Crippen molar-refractivity contribution < 1.29 is 28.6 Å². The molecule has 1 aliphatic heterocycles. The van der Waals surface area contributed by atoms with Crippen LogP contribution in [0.5, 0.6) is 5.75 Å². The quantitative estimate of drug-likeness (QED) is 0.501. The van der Waals surface area contributed by atoms with E-state index in [0.717, 1.165) is 10.8 Å². The average Bonchev–Trinajstić information content (AvgIpc) is 2.72. The maximum Gasteiger partial charge on any atom is 0.356 e. The van der Waals surface area contributed by atoms with Gasteiger partial charge >= 0.3 is 17.9 Å². The van der Waals surface area contributed by atoms with Crippen LogP contribution in [0.3, 0.4) is 0 Å². The summed E-state index contributed by atoms with van der Waals surface area (Å²) in [4.78, 5) is 37.6. The Kier molecular flexibility index (Phi) is 4.54. The molecule has 1 heterocycles. The summed E-state index contributed by atoms with van der Waals surface area (Å²) in [5.74, 6) is -1.93. The van der Waals surface area contributed by atoms with Crippen LogP contribution in [0.4, 0.5) is 0 Å².